The number of thiophene rings is 1. The van der Waals surface area contributed by atoms with Crippen LogP contribution in [0.4, 0.5) is 0 Å². The third-order valence-electron chi connectivity index (χ3n) is 3.25. The molecule has 1 aliphatic rings. The van der Waals surface area contributed by atoms with Crippen molar-refractivity contribution in [1.82, 2.24) is 10.2 Å². The number of carbonyl (C=O) groups is 3. The van der Waals surface area contributed by atoms with Gasteiger partial charge in [0.15, 0.2) is 0 Å². The first-order valence-corrected chi connectivity index (χ1v) is 7.39. The Kier molecular flexibility index (Phi) is 4.92. The molecule has 1 aromatic heterocycles. The first-order valence-electron chi connectivity index (χ1n) is 6.51. The van der Waals surface area contributed by atoms with Gasteiger partial charge in [-0.3, -0.25) is 9.59 Å². The van der Waals surface area contributed by atoms with Crippen molar-refractivity contribution in [3.63, 3.8) is 0 Å². The molecule has 2 amide bonds. The third kappa shape index (κ3) is 3.79. The van der Waals surface area contributed by atoms with Gasteiger partial charge in [0.1, 0.15) is 6.04 Å². The van der Waals surface area contributed by atoms with E-state index >= 15 is 0 Å². The Hall–Kier alpha value is -1.93. The van der Waals surface area contributed by atoms with Crippen LogP contribution in [0.2, 0.25) is 0 Å². The number of likely N-dealkylation sites (tertiary alicyclic amines) is 1. The van der Waals surface area contributed by atoms with Gasteiger partial charge in [0, 0.05) is 25.9 Å². The number of carbonyl (C=O) groups excluding carboxylic acids is 2. The van der Waals surface area contributed by atoms with Crippen molar-refractivity contribution in [1.29, 1.82) is 0 Å². The Morgan fingerprint density at radius 3 is 2.81 bits per heavy atom. The Balaban J connectivity index is 1.81. The molecule has 3 N–H and O–H groups in total. The highest BCUT2D eigenvalue weighted by atomic mass is 32.1. The lowest BCUT2D eigenvalue weighted by molar-refractivity contribution is -0.148. The zero-order valence-corrected chi connectivity index (χ0v) is 12.0. The number of hydrogen-bond donors (Lipinski definition) is 3. The van der Waals surface area contributed by atoms with E-state index in [9.17, 15) is 19.5 Å². The molecule has 8 heteroatoms. The molecule has 0 bridgehead atoms. The third-order valence-corrected chi connectivity index (χ3v) is 4.12. The number of carboxylic acid groups (broad SMARTS) is 1. The van der Waals surface area contributed by atoms with Gasteiger partial charge in [-0.15, -0.1) is 11.3 Å². The summed E-state index contributed by atoms with van der Waals surface area (Å²) >= 11 is 1.30. The molecule has 0 radical (unpaired) electrons. The number of aliphatic hydroxyl groups is 1. The maximum absolute atomic E-state index is 12.0. The minimum absolute atomic E-state index is 0.00755. The van der Waals surface area contributed by atoms with Gasteiger partial charge in [0.05, 0.1) is 11.0 Å². The molecule has 0 aromatic carbocycles. The van der Waals surface area contributed by atoms with Crippen LogP contribution in [-0.4, -0.2) is 58.1 Å². The smallest absolute Gasteiger partial charge is 0.326 e. The van der Waals surface area contributed by atoms with Crippen LogP contribution < -0.4 is 5.32 Å². The summed E-state index contributed by atoms with van der Waals surface area (Å²) in [4.78, 5) is 36.4. The van der Waals surface area contributed by atoms with Crippen LogP contribution in [0.3, 0.4) is 0 Å². The maximum Gasteiger partial charge on any atom is 0.326 e. The summed E-state index contributed by atoms with van der Waals surface area (Å²) in [7, 11) is 0. The highest BCUT2D eigenvalue weighted by Crippen LogP contribution is 2.19. The summed E-state index contributed by atoms with van der Waals surface area (Å²) in [5, 5.41) is 22.9. The second-order valence-corrected chi connectivity index (χ2v) is 5.72. The molecule has 114 valence electrons. The topological polar surface area (TPSA) is 107 Å². The minimum atomic E-state index is -1.12. The average molecular weight is 312 g/mol. The van der Waals surface area contributed by atoms with E-state index in [0.717, 1.165) is 4.90 Å². The molecule has 2 atom stereocenters. The molecule has 1 aliphatic heterocycles. The molecule has 0 aliphatic carbocycles. The molecule has 2 heterocycles. The van der Waals surface area contributed by atoms with Gasteiger partial charge in [-0.2, -0.15) is 0 Å². The maximum atomic E-state index is 12.0. The van der Waals surface area contributed by atoms with E-state index < -0.39 is 18.1 Å². The van der Waals surface area contributed by atoms with Crippen LogP contribution in [0.25, 0.3) is 0 Å². The molecule has 0 unspecified atom stereocenters. The van der Waals surface area contributed by atoms with E-state index in [1.54, 1.807) is 17.5 Å². The number of hydrogen-bond acceptors (Lipinski definition) is 5. The van der Waals surface area contributed by atoms with Crippen LogP contribution in [0.1, 0.15) is 22.5 Å². The molecule has 7 nitrogen and oxygen atoms in total. The van der Waals surface area contributed by atoms with Gasteiger partial charge >= 0.3 is 5.97 Å². The Bertz CT molecular complexity index is 531. The van der Waals surface area contributed by atoms with Gasteiger partial charge in [-0.25, -0.2) is 4.79 Å². The van der Waals surface area contributed by atoms with E-state index in [0.29, 0.717) is 4.88 Å². The normalized spacial score (nSPS) is 21.3. The minimum Gasteiger partial charge on any atom is -0.480 e. The Morgan fingerprint density at radius 2 is 2.19 bits per heavy atom. The fourth-order valence-corrected chi connectivity index (χ4v) is 2.89. The van der Waals surface area contributed by atoms with Gasteiger partial charge in [0.25, 0.3) is 5.91 Å². The predicted octanol–water partition coefficient (Wildman–Crippen LogP) is -0.0856. The van der Waals surface area contributed by atoms with Crippen molar-refractivity contribution in [2.24, 2.45) is 0 Å². The van der Waals surface area contributed by atoms with Crippen molar-refractivity contribution >= 4 is 29.1 Å². The second kappa shape index (κ2) is 6.68. The molecule has 0 saturated carbocycles. The quantitative estimate of drug-likeness (QED) is 0.704. The standard InChI is InChI=1S/C13H16N2O5S/c16-8-6-9(13(19)20)15(7-8)11(17)3-4-14-12(18)10-2-1-5-21-10/h1-2,5,8-9,16H,3-4,6-7H2,(H,14,18)(H,19,20)/t8-,9-/m0/s1. The van der Waals surface area contributed by atoms with Gasteiger partial charge in [-0.1, -0.05) is 6.07 Å². The van der Waals surface area contributed by atoms with Crippen molar-refractivity contribution in [2.45, 2.75) is 25.0 Å². The number of β-amino-alcohol motifs (C(OH)–C–C–N with tert-alkyl or cyclic N) is 1. The van der Waals surface area contributed by atoms with Gasteiger partial charge in [0.2, 0.25) is 5.91 Å². The van der Waals surface area contributed by atoms with E-state index in [1.807, 2.05) is 0 Å². The second-order valence-electron chi connectivity index (χ2n) is 4.77. The predicted molar refractivity (Wildman–Crippen MR) is 75.0 cm³/mol. The Morgan fingerprint density at radius 1 is 1.43 bits per heavy atom. The van der Waals surface area contributed by atoms with Crippen LogP contribution in [-0.2, 0) is 9.59 Å². The summed E-state index contributed by atoms with van der Waals surface area (Å²) in [6, 6.07) is 2.45. The lowest BCUT2D eigenvalue weighted by Gasteiger charge is -2.21. The first kappa shape index (κ1) is 15.5. The molecule has 0 spiro atoms. The summed E-state index contributed by atoms with van der Waals surface area (Å²) in [6.45, 7) is 0.156. The lowest BCUT2D eigenvalue weighted by atomic mass is 10.2. The van der Waals surface area contributed by atoms with Crippen LogP contribution in [0.5, 0.6) is 0 Å². The zero-order chi connectivity index (χ0) is 15.4. The molecular formula is C13H16N2O5S. The summed E-state index contributed by atoms with van der Waals surface area (Å²) in [5.74, 6) is -1.76. The van der Waals surface area contributed by atoms with Gasteiger partial charge < -0.3 is 20.4 Å². The van der Waals surface area contributed by atoms with Crippen molar-refractivity contribution < 1.29 is 24.6 Å². The number of nitrogens with one attached hydrogen (secondary N) is 1. The monoisotopic (exact) mass is 312 g/mol. The van der Waals surface area contributed by atoms with E-state index in [2.05, 4.69) is 5.32 Å². The van der Waals surface area contributed by atoms with Crippen LogP contribution in [0, 0.1) is 0 Å². The number of nitrogens with zero attached hydrogens (tertiary/aromatic N) is 1. The fraction of sp³-hybridized carbons (Fsp3) is 0.462. The number of aliphatic hydroxyl groups excluding tert-OH is 1. The van der Waals surface area contributed by atoms with Crippen molar-refractivity contribution in [2.75, 3.05) is 13.1 Å². The fourth-order valence-electron chi connectivity index (χ4n) is 2.24. The highest BCUT2D eigenvalue weighted by Gasteiger charge is 2.38. The lowest BCUT2D eigenvalue weighted by Crippen LogP contribution is -2.41. The average Bonchev–Trinajstić information content (AvgIpc) is 3.07. The number of amides is 2. The molecule has 21 heavy (non-hydrogen) atoms. The van der Waals surface area contributed by atoms with E-state index in [-0.39, 0.29) is 37.7 Å². The van der Waals surface area contributed by atoms with Crippen LogP contribution >= 0.6 is 11.3 Å². The number of rotatable bonds is 5. The van der Waals surface area contributed by atoms with Crippen molar-refractivity contribution in [3.05, 3.63) is 22.4 Å². The Labute approximate surface area is 125 Å². The van der Waals surface area contributed by atoms with Crippen LogP contribution in [0.15, 0.2) is 17.5 Å². The summed E-state index contributed by atoms with van der Waals surface area (Å²) in [6.07, 6.45) is -0.758. The molecule has 1 fully saturated rings. The number of aliphatic carboxylic acids is 1. The summed E-state index contributed by atoms with van der Waals surface area (Å²) < 4.78 is 0. The van der Waals surface area contributed by atoms with E-state index in [1.165, 1.54) is 11.3 Å². The van der Waals surface area contributed by atoms with E-state index in [4.69, 9.17) is 5.11 Å². The molecule has 2 rings (SSSR count). The first-order chi connectivity index (χ1) is 9.99. The highest BCUT2D eigenvalue weighted by molar-refractivity contribution is 7.12. The molecule has 1 aromatic rings. The molecular weight excluding hydrogens is 296 g/mol. The van der Waals surface area contributed by atoms with Crippen molar-refractivity contribution in [3.8, 4) is 0 Å². The SMILES string of the molecule is O=C(NCCC(=O)N1C[C@@H](O)C[C@H]1C(=O)O)c1cccs1. The molecule has 1 saturated heterocycles. The van der Waals surface area contributed by atoms with Gasteiger partial charge in [-0.05, 0) is 11.4 Å². The number of carboxylic acids is 1. The summed E-state index contributed by atoms with van der Waals surface area (Å²) in [5.41, 5.74) is 0. The zero-order valence-electron chi connectivity index (χ0n) is 11.2. The largest absolute Gasteiger partial charge is 0.480 e.